The zero-order valence-corrected chi connectivity index (χ0v) is 13.5. The van der Waals surface area contributed by atoms with Crippen LogP contribution in [0.1, 0.15) is 18.0 Å². The number of halogens is 1. The predicted molar refractivity (Wildman–Crippen MR) is 92.7 cm³/mol. The molecule has 0 saturated heterocycles. The van der Waals surface area contributed by atoms with E-state index in [4.69, 9.17) is 0 Å². The van der Waals surface area contributed by atoms with Gasteiger partial charge in [-0.15, -0.1) is 0 Å². The zero-order valence-electron chi connectivity index (χ0n) is 12.5. The van der Waals surface area contributed by atoms with E-state index in [-0.39, 0.29) is 5.82 Å². The van der Waals surface area contributed by atoms with Crippen molar-refractivity contribution in [3.63, 3.8) is 0 Å². The van der Waals surface area contributed by atoms with Gasteiger partial charge >= 0.3 is 0 Å². The van der Waals surface area contributed by atoms with Crippen LogP contribution in [-0.2, 0) is 0 Å². The third kappa shape index (κ3) is 3.17. The molecule has 0 fully saturated rings. The summed E-state index contributed by atoms with van der Waals surface area (Å²) in [5.74, 6) is -0.160. The van der Waals surface area contributed by atoms with Crippen LogP contribution in [0.5, 0.6) is 0 Å². The molecule has 1 radical (unpaired) electrons. The van der Waals surface area contributed by atoms with Crippen molar-refractivity contribution in [2.75, 3.05) is 0 Å². The van der Waals surface area contributed by atoms with Gasteiger partial charge in [0.05, 0.1) is 0 Å². The smallest absolute Gasteiger partial charge is 0.128 e. The van der Waals surface area contributed by atoms with Crippen LogP contribution in [0.4, 0.5) is 4.39 Å². The molecule has 0 nitrogen and oxygen atoms in total. The van der Waals surface area contributed by atoms with Crippen LogP contribution in [0.15, 0.2) is 84.9 Å². The summed E-state index contributed by atoms with van der Waals surface area (Å²) >= 11 is 0. The average Bonchev–Trinajstić information content (AvgIpc) is 2.57. The van der Waals surface area contributed by atoms with E-state index in [9.17, 15) is 4.39 Å². The molecule has 2 heteroatoms. The van der Waals surface area contributed by atoms with Crippen LogP contribution < -0.4 is 10.4 Å². The number of benzene rings is 3. The summed E-state index contributed by atoms with van der Waals surface area (Å²) in [6, 6.07) is 28.2. The van der Waals surface area contributed by atoms with E-state index in [1.54, 1.807) is 12.1 Å². The highest BCUT2D eigenvalue weighted by Crippen LogP contribution is 2.19. The zero-order chi connectivity index (χ0) is 15.4. The molecule has 0 aliphatic rings. The molecular weight excluding hydrogens is 287 g/mol. The van der Waals surface area contributed by atoms with Crippen LogP contribution in [0.3, 0.4) is 0 Å². The topological polar surface area (TPSA) is 0 Å². The molecule has 1 atom stereocenters. The fourth-order valence-electron chi connectivity index (χ4n) is 2.84. The first-order chi connectivity index (χ1) is 10.8. The Morgan fingerprint density at radius 3 is 1.77 bits per heavy atom. The number of rotatable bonds is 4. The second-order valence-corrected chi connectivity index (χ2v) is 8.27. The first-order valence-electron chi connectivity index (χ1n) is 7.49. The molecule has 0 aliphatic carbocycles. The maximum absolute atomic E-state index is 13.6. The molecular formula is C20H18FSi. The second-order valence-electron chi connectivity index (χ2n) is 5.42. The van der Waals surface area contributed by atoms with Gasteiger partial charge < -0.3 is 0 Å². The predicted octanol–water partition coefficient (Wildman–Crippen LogP) is 3.78. The fraction of sp³-hybridized carbons (Fsp3) is 0.100. The van der Waals surface area contributed by atoms with Crippen molar-refractivity contribution in [3.05, 3.63) is 96.3 Å². The molecule has 3 aromatic rings. The van der Waals surface area contributed by atoms with Crippen molar-refractivity contribution in [3.8, 4) is 0 Å². The quantitative estimate of drug-likeness (QED) is 0.644. The minimum Gasteiger partial charge on any atom is -0.207 e. The van der Waals surface area contributed by atoms with Crippen LogP contribution in [0.25, 0.3) is 0 Å². The molecule has 0 amide bonds. The van der Waals surface area contributed by atoms with E-state index in [1.807, 2.05) is 18.2 Å². The van der Waals surface area contributed by atoms with Gasteiger partial charge in [-0.1, -0.05) is 90.1 Å². The maximum atomic E-state index is 13.6. The summed E-state index contributed by atoms with van der Waals surface area (Å²) in [5.41, 5.74) is 1.37. The third-order valence-electron chi connectivity index (χ3n) is 3.95. The van der Waals surface area contributed by atoms with Gasteiger partial charge in [0.1, 0.15) is 14.6 Å². The molecule has 0 aromatic heterocycles. The molecule has 22 heavy (non-hydrogen) atoms. The van der Waals surface area contributed by atoms with Gasteiger partial charge in [0, 0.05) is 0 Å². The van der Waals surface area contributed by atoms with E-state index in [2.05, 4.69) is 55.5 Å². The van der Waals surface area contributed by atoms with Crippen LogP contribution in [0.2, 0.25) is 0 Å². The van der Waals surface area contributed by atoms with Crippen molar-refractivity contribution >= 4 is 19.2 Å². The lowest BCUT2D eigenvalue weighted by Gasteiger charge is -2.23. The van der Waals surface area contributed by atoms with Gasteiger partial charge in [-0.05, 0) is 23.2 Å². The Bertz CT molecular complexity index is 685. The fourth-order valence-corrected chi connectivity index (χ4v) is 5.79. The van der Waals surface area contributed by atoms with Gasteiger partial charge in [0.2, 0.25) is 0 Å². The monoisotopic (exact) mass is 305 g/mol. The summed E-state index contributed by atoms with van der Waals surface area (Å²) < 4.78 is 13.6. The van der Waals surface area contributed by atoms with Crippen molar-refractivity contribution in [2.24, 2.45) is 0 Å². The first kappa shape index (κ1) is 14.7. The summed E-state index contributed by atoms with van der Waals surface area (Å²) in [5, 5.41) is 2.71. The first-order valence-corrected chi connectivity index (χ1v) is 9.06. The van der Waals surface area contributed by atoms with Gasteiger partial charge in [0.25, 0.3) is 0 Å². The molecule has 3 rings (SSSR count). The standard InChI is InChI=1S/C20H18FSi/c1-16(17-9-8-10-18(21)15-17)22(19-11-4-2-5-12-19)20-13-6-3-7-14-20/h2-16H,1H3/t16-/m1/s1. The summed E-state index contributed by atoms with van der Waals surface area (Å²) in [6.45, 7) is 2.21. The molecule has 109 valence electrons. The Labute approximate surface area is 132 Å². The molecule has 0 bridgehead atoms. The minimum atomic E-state index is -1.01. The highest BCUT2D eigenvalue weighted by molar-refractivity contribution is 6.86. The van der Waals surface area contributed by atoms with Crippen LogP contribution in [0, 0.1) is 5.82 Å². The minimum absolute atomic E-state index is 0.160. The summed E-state index contributed by atoms with van der Waals surface area (Å²) in [6.07, 6.45) is 0. The summed E-state index contributed by atoms with van der Waals surface area (Å²) in [7, 11) is -1.01. The molecule has 3 aromatic carbocycles. The van der Waals surface area contributed by atoms with E-state index in [0.717, 1.165) is 5.56 Å². The number of hydrogen-bond donors (Lipinski definition) is 0. The highest BCUT2D eigenvalue weighted by atomic mass is 28.3. The highest BCUT2D eigenvalue weighted by Gasteiger charge is 2.25. The van der Waals surface area contributed by atoms with Gasteiger partial charge in [-0.3, -0.25) is 0 Å². The molecule has 0 spiro atoms. The lowest BCUT2D eigenvalue weighted by atomic mass is 10.2. The second kappa shape index (κ2) is 6.71. The van der Waals surface area contributed by atoms with E-state index < -0.39 is 8.80 Å². The molecule has 0 unspecified atom stereocenters. The number of hydrogen-bond acceptors (Lipinski definition) is 0. The largest absolute Gasteiger partial charge is 0.207 e. The van der Waals surface area contributed by atoms with Gasteiger partial charge in [-0.25, -0.2) is 4.39 Å². The lowest BCUT2D eigenvalue weighted by Crippen LogP contribution is -2.46. The summed E-state index contributed by atoms with van der Waals surface area (Å²) in [4.78, 5) is 0. The van der Waals surface area contributed by atoms with E-state index in [1.165, 1.54) is 16.4 Å². The van der Waals surface area contributed by atoms with E-state index in [0.29, 0.717) is 5.54 Å². The normalized spacial score (nSPS) is 12.3. The molecule has 0 saturated carbocycles. The molecule has 0 N–H and O–H groups in total. The Morgan fingerprint density at radius 1 is 0.727 bits per heavy atom. The van der Waals surface area contributed by atoms with Crippen LogP contribution >= 0.6 is 0 Å². The molecule has 0 heterocycles. The maximum Gasteiger partial charge on any atom is 0.128 e. The molecule has 0 aliphatic heterocycles. The van der Waals surface area contributed by atoms with Crippen molar-refractivity contribution in [1.29, 1.82) is 0 Å². The lowest BCUT2D eigenvalue weighted by molar-refractivity contribution is 0.625. The van der Waals surface area contributed by atoms with Gasteiger partial charge in [-0.2, -0.15) is 0 Å². The Balaban J connectivity index is 2.06. The van der Waals surface area contributed by atoms with Crippen LogP contribution in [-0.4, -0.2) is 8.80 Å². The van der Waals surface area contributed by atoms with Crippen molar-refractivity contribution < 1.29 is 4.39 Å². The van der Waals surface area contributed by atoms with Gasteiger partial charge in [0.15, 0.2) is 0 Å². The Morgan fingerprint density at radius 2 is 1.27 bits per heavy atom. The van der Waals surface area contributed by atoms with E-state index >= 15 is 0 Å². The SMILES string of the molecule is C[C@H](c1cccc(F)c1)[Si](c1ccccc1)c1ccccc1. The van der Waals surface area contributed by atoms with Crippen molar-refractivity contribution in [1.82, 2.24) is 0 Å². The average molecular weight is 305 g/mol. The Kier molecular flexibility index (Phi) is 4.49. The third-order valence-corrected chi connectivity index (χ3v) is 7.06. The van der Waals surface area contributed by atoms with Crippen molar-refractivity contribution in [2.45, 2.75) is 12.5 Å². The Hall–Kier alpha value is -2.19.